The molecule has 26 heavy (non-hydrogen) atoms. The summed E-state index contributed by atoms with van der Waals surface area (Å²) in [5, 5.41) is 3.58. The van der Waals surface area contributed by atoms with Crippen LogP contribution in [-0.4, -0.2) is 35.2 Å². The van der Waals surface area contributed by atoms with E-state index in [9.17, 15) is 9.59 Å². The smallest absolute Gasteiger partial charge is 0.297 e. The molecule has 0 radical (unpaired) electrons. The van der Waals surface area contributed by atoms with Crippen LogP contribution in [0.15, 0.2) is 39.8 Å². The highest BCUT2D eigenvalue weighted by atomic mass is 16.5. The second-order valence-corrected chi connectivity index (χ2v) is 6.12. The van der Waals surface area contributed by atoms with Gasteiger partial charge in [0.2, 0.25) is 11.5 Å². The van der Waals surface area contributed by atoms with Gasteiger partial charge in [-0.15, -0.1) is 0 Å². The van der Waals surface area contributed by atoms with E-state index in [0.717, 1.165) is 31.3 Å². The van der Waals surface area contributed by atoms with Crippen molar-refractivity contribution in [1.82, 2.24) is 14.9 Å². The number of hydrogen-bond acceptors (Lipinski definition) is 5. The number of para-hydroxylation sites is 1. The number of furan rings is 1. The third-order valence-electron chi connectivity index (χ3n) is 4.09. The summed E-state index contributed by atoms with van der Waals surface area (Å²) in [6.07, 6.45) is 4.28. The van der Waals surface area contributed by atoms with Crippen LogP contribution in [0.5, 0.6) is 0 Å². The molecule has 7 heteroatoms. The Kier molecular flexibility index (Phi) is 6.01. The van der Waals surface area contributed by atoms with Crippen molar-refractivity contribution in [3.8, 4) is 0 Å². The van der Waals surface area contributed by atoms with Crippen molar-refractivity contribution >= 4 is 28.0 Å². The van der Waals surface area contributed by atoms with Gasteiger partial charge in [-0.2, -0.15) is 0 Å². The monoisotopic (exact) mass is 357 g/mol. The number of ether oxygens (including phenoxy) is 1. The summed E-state index contributed by atoms with van der Waals surface area (Å²) in [5.41, 5.74) is 0.943. The molecule has 1 amide bonds. The molecule has 0 unspecified atom stereocenters. The van der Waals surface area contributed by atoms with Crippen LogP contribution in [0.25, 0.3) is 22.1 Å². The first-order chi connectivity index (χ1) is 12.7. The van der Waals surface area contributed by atoms with Crippen LogP contribution in [0.2, 0.25) is 0 Å². The maximum atomic E-state index is 12.5. The molecule has 0 saturated carbocycles. The third kappa shape index (κ3) is 4.11. The zero-order valence-electron chi connectivity index (χ0n) is 14.9. The van der Waals surface area contributed by atoms with E-state index in [1.165, 1.54) is 10.9 Å². The van der Waals surface area contributed by atoms with Gasteiger partial charge in [-0.05, 0) is 25.0 Å². The molecule has 0 spiro atoms. The lowest BCUT2D eigenvalue weighted by molar-refractivity contribution is -0.121. The number of amides is 1. The molecular weight excluding hydrogens is 334 g/mol. The standard InChI is InChI=1S/C19H23N3O4/c1-2-3-10-25-11-6-9-20-16(23)12-22-13-21-17-14-7-4-5-8-15(14)26-18(17)19(22)24/h4-5,7-8,13H,2-3,6,9-12H2,1H3,(H,20,23). The van der Waals surface area contributed by atoms with E-state index in [4.69, 9.17) is 9.15 Å². The molecule has 0 saturated heterocycles. The lowest BCUT2D eigenvalue weighted by Gasteiger charge is -2.07. The van der Waals surface area contributed by atoms with Crippen LogP contribution >= 0.6 is 0 Å². The van der Waals surface area contributed by atoms with Crippen LogP contribution in [0.3, 0.4) is 0 Å². The summed E-state index contributed by atoms with van der Waals surface area (Å²) in [7, 11) is 0. The normalized spacial score (nSPS) is 11.3. The maximum absolute atomic E-state index is 12.5. The van der Waals surface area contributed by atoms with Crippen molar-refractivity contribution in [2.75, 3.05) is 19.8 Å². The number of rotatable bonds is 9. The third-order valence-corrected chi connectivity index (χ3v) is 4.09. The van der Waals surface area contributed by atoms with Crippen LogP contribution in [0, 0.1) is 0 Å². The SMILES string of the molecule is CCCCOCCCNC(=O)Cn1cnc2c(oc3ccccc32)c1=O. The number of aromatic nitrogens is 2. The second-order valence-electron chi connectivity index (χ2n) is 6.12. The molecule has 3 rings (SSSR count). The van der Waals surface area contributed by atoms with Crippen molar-refractivity contribution in [2.45, 2.75) is 32.7 Å². The number of fused-ring (bicyclic) bond motifs is 3. The number of benzene rings is 1. The van der Waals surface area contributed by atoms with Crippen molar-refractivity contribution in [2.24, 2.45) is 0 Å². The summed E-state index contributed by atoms with van der Waals surface area (Å²) < 4.78 is 12.3. The fourth-order valence-electron chi connectivity index (χ4n) is 2.69. The van der Waals surface area contributed by atoms with Crippen molar-refractivity contribution < 1.29 is 13.9 Å². The zero-order valence-corrected chi connectivity index (χ0v) is 14.9. The predicted octanol–water partition coefficient (Wildman–Crippen LogP) is 2.47. The minimum absolute atomic E-state index is 0.0878. The van der Waals surface area contributed by atoms with E-state index in [-0.39, 0.29) is 23.6 Å². The summed E-state index contributed by atoms with van der Waals surface area (Å²) in [6.45, 7) is 3.91. The van der Waals surface area contributed by atoms with Crippen molar-refractivity contribution in [3.63, 3.8) is 0 Å². The predicted molar refractivity (Wildman–Crippen MR) is 99.1 cm³/mol. The lowest BCUT2D eigenvalue weighted by Crippen LogP contribution is -2.33. The molecule has 0 bridgehead atoms. The van der Waals surface area contributed by atoms with Gasteiger partial charge in [0.05, 0.1) is 6.33 Å². The molecule has 0 fully saturated rings. The molecule has 1 aromatic carbocycles. The number of carbonyl (C=O) groups excluding carboxylic acids is 1. The highest BCUT2D eigenvalue weighted by Crippen LogP contribution is 2.23. The van der Waals surface area contributed by atoms with E-state index in [0.29, 0.717) is 24.3 Å². The number of carbonyl (C=O) groups is 1. The van der Waals surface area contributed by atoms with Gasteiger partial charge in [-0.25, -0.2) is 4.98 Å². The van der Waals surface area contributed by atoms with Crippen molar-refractivity contribution in [3.05, 3.63) is 40.9 Å². The molecule has 2 aromatic heterocycles. The average molecular weight is 357 g/mol. The molecule has 2 heterocycles. The Morgan fingerprint density at radius 2 is 2.08 bits per heavy atom. The molecule has 0 aliphatic heterocycles. The fraction of sp³-hybridized carbons (Fsp3) is 0.421. The number of unbranched alkanes of at least 4 members (excludes halogenated alkanes) is 1. The Bertz CT molecular complexity index is 945. The molecular formula is C19H23N3O4. The lowest BCUT2D eigenvalue weighted by atomic mass is 10.2. The van der Waals surface area contributed by atoms with E-state index in [1.54, 1.807) is 6.07 Å². The van der Waals surface area contributed by atoms with Gasteiger partial charge >= 0.3 is 0 Å². The highest BCUT2D eigenvalue weighted by Gasteiger charge is 2.14. The zero-order chi connectivity index (χ0) is 18.4. The van der Waals surface area contributed by atoms with Crippen LogP contribution < -0.4 is 10.9 Å². The molecule has 0 aliphatic rings. The largest absolute Gasteiger partial charge is 0.448 e. The molecule has 0 atom stereocenters. The van der Waals surface area contributed by atoms with E-state index < -0.39 is 0 Å². The van der Waals surface area contributed by atoms with Crippen LogP contribution in [0.1, 0.15) is 26.2 Å². The Balaban J connectivity index is 1.58. The van der Waals surface area contributed by atoms with Gasteiger partial charge in [-0.1, -0.05) is 25.5 Å². The Morgan fingerprint density at radius 3 is 2.92 bits per heavy atom. The molecule has 3 aromatic rings. The van der Waals surface area contributed by atoms with Gasteiger partial charge in [0, 0.05) is 25.1 Å². The number of nitrogens with one attached hydrogen (secondary N) is 1. The first-order valence-corrected chi connectivity index (χ1v) is 8.92. The average Bonchev–Trinajstić information content (AvgIpc) is 3.03. The highest BCUT2D eigenvalue weighted by molar-refractivity contribution is 6.01. The van der Waals surface area contributed by atoms with Crippen LogP contribution in [-0.2, 0) is 16.1 Å². The number of hydrogen-bond donors (Lipinski definition) is 1. The van der Waals surface area contributed by atoms with Crippen molar-refractivity contribution in [1.29, 1.82) is 0 Å². The van der Waals surface area contributed by atoms with Gasteiger partial charge in [-0.3, -0.25) is 14.2 Å². The van der Waals surface area contributed by atoms with Gasteiger partial charge in [0.25, 0.3) is 5.56 Å². The molecule has 7 nitrogen and oxygen atoms in total. The maximum Gasteiger partial charge on any atom is 0.297 e. The Hall–Kier alpha value is -2.67. The van der Waals surface area contributed by atoms with Gasteiger partial charge < -0.3 is 14.5 Å². The summed E-state index contributed by atoms with van der Waals surface area (Å²) in [4.78, 5) is 28.9. The molecule has 0 aliphatic carbocycles. The van der Waals surface area contributed by atoms with E-state index in [2.05, 4.69) is 17.2 Å². The second kappa shape index (κ2) is 8.62. The van der Waals surface area contributed by atoms with Crippen LogP contribution in [0.4, 0.5) is 0 Å². The summed E-state index contributed by atoms with van der Waals surface area (Å²) in [6, 6.07) is 7.34. The summed E-state index contributed by atoms with van der Waals surface area (Å²) >= 11 is 0. The Morgan fingerprint density at radius 1 is 1.27 bits per heavy atom. The minimum atomic E-state index is -0.357. The first-order valence-electron chi connectivity index (χ1n) is 8.92. The fourth-order valence-corrected chi connectivity index (χ4v) is 2.69. The topological polar surface area (TPSA) is 86.4 Å². The molecule has 1 N–H and O–H groups in total. The quantitative estimate of drug-likeness (QED) is 0.595. The number of nitrogens with zero attached hydrogens (tertiary/aromatic N) is 2. The van der Waals surface area contributed by atoms with Gasteiger partial charge in [0.15, 0.2) is 0 Å². The Labute approximate surface area is 151 Å². The van der Waals surface area contributed by atoms with E-state index in [1.807, 2.05) is 18.2 Å². The molecule has 138 valence electrons. The summed E-state index contributed by atoms with van der Waals surface area (Å²) in [5.74, 6) is -0.238. The minimum Gasteiger partial charge on any atom is -0.448 e. The van der Waals surface area contributed by atoms with Gasteiger partial charge in [0.1, 0.15) is 17.6 Å². The first kappa shape index (κ1) is 18.1. The van der Waals surface area contributed by atoms with E-state index >= 15 is 0 Å².